The number of likely N-dealkylation sites (tertiary alicyclic amines) is 2. The van der Waals surface area contributed by atoms with E-state index < -0.39 is 0 Å². The second-order valence-electron chi connectivity index (χ2n) is 7.97. The number of hydrogen-bond donors (Lipinski definition) is 0. The predicted octanol–water partition coefficient (Wildman–Crippen LogP) is 3.80. The van der Waals surface area contributed by atoms with Gasteiger partial charge in [0.05, 0.1) is 12.8 Å². The number of aromatic nitrogens is 2. The van der Waals surface area contributed by atoms with E-state index in [1.54, 1.807) is 11.8 Å². The fourth-order valence-corrected chi connectivity index (χ4v) is 5.25. The number of hydrogen-bond acceptors (Lipinski definition) is 4. The maximum atomic E-state index is 6.52. The molecule has 0 radical (unpaired) electrons. The van der Waals surface area contributed by atoms with Gasteiger partial charge in [0.2, 0.25) is 0 Å². The van der Waals surface area contributed by atoms with Crippen LogP contribution in [0.3, 0.4) is 0 Å². The lowest BCUT2D eigenvalue weighted by Gasteiger charge is -2.27. The molecule has 3 atom stereocenters. The number of nitrogens with zero attached hydrogens (tertiary/aromatic N) is 4. The minimum Gasteiger partial charge on any atom is -0.497 e. The van der Waals surface area contributed by atoms with Crippen LogP contribution in [-0.2, 0) is 20.0 Å². The molecule has 2 aliphatic heterocycles. The standard InChI is InChI=1S/C21H29ClN4O.ClH/c1-5-19-18(21(22)25(3)23-19)13-26-11-15-10-24(2)20(17(15)12-26)14-6-8-16(27-4)9-7-14;/h6-9,15,17,20H,5,10-13H2,1-4H3;1H/t15-,17+,20-;/m0./s1. The molecule has 0 unspecified atom stereocenters. The average Bonchev–Trinajstić information content (AvgIpc) is 3.27. The number of rotatable bonds is 5. The van der Waals surface area contributed by atoms with E-state index in [9.17, 15) is 0 Å². The van der Waals surface area contributed by atoms with E-state index >= 15 is 0 Å². The second-order valence-corrected chi connectivity index (χ2v) is 8.33. The highest BCUT2D eigenvalue weighted by Gasteiger charge is 2.46. The van der Waals surface area contributed by atoms with Crippen LogP contribution in [0.25, 0.3) is 0 Å². The van der Waals surface area contributed by atoms with Crippen molar-refractivity contribution in [2.75, 3.05) is 33.8 Å². The molecule has 0 bridgehead atoms. The van der Waals surface area contributed by atoms with Gasteiger partial charge in [-0.3, -0.25) is 14.5 Å². The van der Waals surface area contributed by atoms with Crippen molar-refractivity contribution in [3.63, 3.8) is 0 Å². The molecule has 1 aromatic heterocycles. The van der Waals surface area contributed by atoms with Crippen molar-refractivity contribution in [2.45, 2.75) is 25.9 Å². The first-order chi connectivity index (χ1) is 13.0. The zero-order valence-corrected chi connectivity index (χ0v) is 18.6. The largest absolute Gasteiger partial charge is 0.497 e. The Morgan fingerprint density at radius 2 is 1.86 bits per heavy atom. The Morgan fingerprint density at radius 1 is 1.14 bits per heavy atom. The van der Waals surface area contributed by atoms with E-state index in [0.717, 1.165) is 49.2 Å². The number of aryl methyl sites for hydroxylation is 2. The van der Waals surface area contributed by atoms with E-state index in [1.807, 2.05) is 7.05 Å². The molecule has 0 spiro atoms. The maximum Gasteiger partial charge on any atom is 0.131 e. The molecular formula is C21H30Cl2N4O. The summed E-state index contributed by atoms with van der Waals surface area (Å²) in [6, 6.07) is 9.07. The molecule has 0 aliphatic carbocycles. The van der Waals surface area contributed by atoms with E-state index in [-0.39, 0.29) is 12.4 Å². The molecule has 5 nitrogen and oxygen atoms in total. The molecule has 2 fully saturated rings. The van der Waals surface area contributed by atoms with Crippen LogP contribution in [0.1, 0.15) is 29.8 Å². The van der Waals surface area contributed by atoms with Crippen molar-refractivity contribution in [1.82, 2.24) is 19.6 Å². The molecule has 4 rings (SSSR count). The summed E-state index contributed by atoms with van der Waals surface area (Å²) >= 11 is 6.52. The SMILES string of the molecule is CCc1nn(C)c(Cl)c1CN1C[C@@H]2CN(C)[C@@H](c3ccc(OC)cc3)[C@@H]2C1.Cl. The zero-order chi connectivity index (χ0) is 19.1. The molecule has 2 aromatic rings. The van der Waals surface area contributed by atoms with Crippen LogP contribution >= 0.6 is 24.0 Å². The van der Waals surface area contributed by atoms with Crippen LogP contribution < -0.4 is 4.74 Å². The van der Waals surface area contributed by atoms with E-state index in [0.29, 0.717) is 17.9 Å². The van der Waals surface area contributed by atoms with Gasteiger partial charge in [-0.2, -0.15) is 5.10 Å². The summed E-state index contributed by atoms with van der Waals surface area (Å²) in [7, 11) is 5.90. The summed E-state index contributed by atoms with van der Waals surface area (Å²) in [6.45, 7) is 6.45. The fourth-order valence-electron chi connectivity index (χ4n) is 5.05. The molecule has 3 heterocycles. The Hall–Kier alpha value is -1.27. The van der Waals surface area contributed by atoms with Gasteiger partial charge in [-0.15, -0.1) is 12.4 Å². The highest BCUT2D eigenvalue weighted by atomic mass is 35.5. The Kier molecular flexibility index (Phi) is 6.60. The highest BCUT2D eigenvalue weighted by Crippen LogP contribution is 2.44. The summed E-state index contributed by atoms with van der Waals surface area (Å²) in [4.78, 5) is 5.09. The lowest BCUT2D eigenvalue weighted by atomic mass is 9.89. The number of methoxy groups -OCH3 is 1. The van der Waals surface area contributed by atoms with Gasteiger partial charge in [-0.05, 0) is 43.0 Å². The third kappa shape index (κ3) is 3.78. The van der Waals surface area contributed by atoms with Crippen LogP contribution in [0.5, 0.6) is 5.75 Å². The lowest BCUT2D eigenvalue weighted by molar-refractivity contribution is 0.224. The summed E-state index contributed by atoms with van der Waals surface area (Å²) in [6.07, 6.45) is 0.924. The Labute approximate surface area is 179 Å². The average molecular weight is 425 g/mol. The quantitative estimate of drug-likeness (QED) is 0.730. The van der Waals surface area contributed by atoms with Crippen molar-refractivity contribution in [3.05, 3.63) is 46.2 Å². The number of fused-ring (bicyclic) bond motifs is 1. The third-order valence-corrected chi connectivity index (χ3v) is 6.77. The molecule has 0 amide bonds. The fraction of sp³-hybridized carbons (Fsp3) is 0.571. The van der Waals surface area contributed by atoms with Gasteiger partial charge in [-0.25, -0.2) is 0 Å². The molecule has 28 heavy (non-hydrogen) atoms. The van der Waals surface area contributed by atoms with E-state index in [1.165, 1.54) is 11.1 Å². The van der Waals surface area contributed by atoms with Gasteiger partial charge in [0.15, 0.2) is 0 Å². The monoisotopic (exact) mass is 424 g/mol. The molecule has 2 saturated heterocycles. The first kappa shape index (κ1) is 21.4. The topological polar surface area (TPSA) is 33.5 Å². The van der Waals surface area contributed by atoms with E-state index in [2.05, 4.69) is 53.1 Å². The summed E-state index contributed by atoms with van der Waals surface area (Å²) in [5.74, 6) is 2.29. The van der Waals surface area contributed by atoms with Gasteiger partial charge in [0.1, 0.15) is 10.9 Å². The summed E-state index contributed by atoms with van der Waals surface area (Å²) in [5, 5.41) is 5.36. The first-order valence-electron chi connectivity index (χ1n) is 9.78. The lowest BCUT2D eigenvalue weighted by Crippen LogP contribution is -2.29. The molecular weight excluding hydrogens is 395 g/mol. The number of benzene rings is 1. The highest BCUT2D eigenvalue weighted by molar-refractivity contribution is 6.30. The Bertz CT molecular complexity index is 807. The van der Waals surface area contributed by atoms with Crippen LogP contribution in [0.2, 0.25) is 5.15 Å². The molecule has 2 aliphatic rings. The second kappa shape index (κ2) is 8.62. The minimum atomic E-state index is 0. The van der Waals surface area contributed by atoms with Crippen molar-refractivity contribution in [2.24, 2.45) is 18.9 Å². The predicted molar refractivity (Wildman–Crippen MR) is 115 cm³/mol. The van der Waals surface area contributed by atoms with Crippen molar-refractivity contribution >= 4 is 24.0 Å². The Morgan fingerprint density at radius 3 is 2.50 bits per heavy atom. The smallest absolute Gasteiger partial charge is 0.131 e. The van der Waals surface area contributed by atoms with Gasteiger partial charge in [0.25, 0.3) is 0 Å². The minimum absolute atomic E-state index is 0. The summed E-state index contributed by atoms with van der Waals surface area (Å²) in [5.41, 5.74) is 3.72. The normalized spacial score (nSPS) is 25.0. The molecule has 0 saturated carbocycles. The van der Waals surface area contributed by atoms with Crippen molar-refractivity contribution in [3.8, 4) is 5.75 Å². The van der Waals surface area contributed by atoms with Crippen molar-refractivity contribution in [1.29, 1.82) is 0 Å². The maximum absolute atomic E-state index is 6.52. The van der Waals surface area contributed by atoms with Gasteiger partial charge >= 0.3 is 0 Å². The molecule has 154 valence electrons. The molecule has 0 N–H and O–H groups in total. The van der Waals surface area contributed by atoms with Crippen LogP contribution in [0, 0.1) is 11.8 Å². The number of halogens is 2. The van der Waals surface area contributed by atoms with Crippen molar-refractivity contribution < 1.29 is 4.74 Å². The first-order valence-corrected chi connectivity index (χ1v) is 10.2. The van der Waals surface area contributed by atoms with E-state index in [4.69, 9.17) is 16.3 Å². The van der Waals surface area contributed by atoms with Crippen LogP contribution in [0.15, 0.2) is 24.3 Å². The molecule has 7 heteroatoms. The third-order valence-electron chi connectivity index (χ3n) is 6.30. The van der Waals surface area contributed by atoms with Gasteiger partial charge in [0, 0.05) is 44.8 Å². The zero-order valence-electron chi connectivity index (χ0n) is 17.1. The van der Waals surface area contributed by atoms with Gasteiger partial charge < -0.3 is 4.74 Å². The number of ether oxygens (including phenoxy) is 1. The summed E-state index contributed by atoms with van der Waals surface area (Å²) < 4.78 is 7.13. The Balaban J connectivity index is 0.00000225. The molecule has 1 aromatic carbocycles. The van der Waals surface area contributed by atoms with Crippen LogP contribution in [-0.4, -0.2) is 53.4 Å². The van der Waals surface area contributed by atoms with Gasteiger partial charge in [-0.1, -0.05) is 30.7 Å². The van der Waals surface area contributed by atoms with Crippen LogP contribution in [0.4, 0.5) is 0 Å².